The molecule has 1 aromatic carbocycles. The first-order valence-electron chi connectivity index (χ1n) is 4.77. The molecule has 1 unspecified atom stereocenters. The number of rotatable bonds is 3. The number of hydrogen-bond acceptors (Lipinski definition) is 1. The summed E-state index contributed by atoms with van der Waals surface area (Å²) in [6, 6.07) is 5.37. The first-order valence-corrected chi connectivity index (χ1v) is 5.94. The summed E-state index contributed by atoms with van der Waals surface area (Å²) in [6.45, 7) is 0. The third-order valence-electron chi connectivity index (χ3n) is 2.66. The zero-order valence-electron chi connectivity index (χ0n) is 7.91. The fourth-order valence-electron chi connectivity index (χ4n) is 1.77. The Labute approximate surface area is 101 Å². The van der Waals surface area contributed by atoms with Crippen LogP contribution in [0.1, 0.15) is 24.3 Å². The van der Waals surface area contributed by atoms with Gasteiger partial charge in [0.05, 0.1) is 5.92 Å². The second-order valence-electron chi connectivity index (χ2n) is 3.82. The maximum absolute atomic E-state index is 11.1. The average molecular weight is 290 g/mol. The van der Waals surface area contributed by atoms with Gasteiger partial charge in [0.15, 0.2) is 0 Å². The molecule has 2 rings (SSSR count). The first-order chi connectivity index (χ1) is 7.09. The maximum Gasteiger partial charge on any atom is 0.311 e. The van der Waals surface area contributed by atoms with Crippen molar-refractivity contribution in [2.75, 3.05) is 0 Å². The SMILES string of the molecule is O=C(O)C(c1ccc(Br)cc1Cl)C1CC1. The van der Waals surface area contributed by atoms with Gasteiger partial charge in [-0.1, -0.05) is 33.6 Å². The molecule has 1 aliphatic rings. The van der Waals surface area contributed by atoms with Gasteiger partial charge in [-0.2, -0.15) is 0 Å². The molecular formula is C11H10BrClO2. The Hall–Kier alpha value is -0.540. The summed E-state index contributed by atoms with van der Waals surface area (Å²) in [4.78, 5) is 11.1. The zero-order valence-corrected chi connectivity index (χ0v) is 10.3. The molecule has 4 heteroatoms. The second kappa shape index (κ2) is 4.14. The Morgan fingerprint density at radius 1 is 1.53 bits per heavy atom. The van der Waals surface area contributed by atoms with E-state index in [1.165, 1.54) is 0 Å². The fraction of sp³-hybridized carbons (Fsp3) is 0.364. The number of benzene rings is 1. The van der Waals surface area contributed by atoms with Gasteiger partial charge in [-0.05, 0) is 36.5 Å². The molecule has 80 valence electrons. The Balaban J connectivity index is 2.37. The van der Waals surface area contributed by atoms with Gasteiger partial charge >= 0.3 is 5.97 Å². The van der Waals surface area contributed by atoms with Crippen molar-refractivity contribution in [1.82, 2.24) is 0 Å². The van der Waals surface area contributed by atoms with Gasteiger partial charge in [-0.25, -0.2) is 0 Å². The predicted molar refractivity (Wildman–Crippen MR) is 62.3 cm³/mol. The van der Waals surface area contributed by atoms with Crippen LogP contribution in [0.4, 0.5) is 0 Å². The molecule has 0 spiro atoms. The minimum absolute atomic E-state index is 0.265. The molecule has 15 heavy (non-hydrogen) atoms. The molecule has 0 saturated heterocycles. The summed E-state index contributed by atoms with van der Waals surface area (Å²) in [6.07, 6.45) is 1.98. The highest BCUT2D eigenvalue weighted by molar-refractivity contribution is 9.10. The quantitative estimate of drug-likeness (QED) is 0.921. The normalized spacial score (nSPS) is 17.5. The molecule has 0 bridgehead atoms. The molecule has 0 heterocycles. The minimum Gasteiger partial charge on any atom is -0.481 e. The number of carbonyl (C=O) groups is 1. The van der Waals surface area contributed by atoms with Gasteiger partial charge in [0.1, 0.15) is 0 Å². The van der Waals surface area contributed by atoms with Crippen LogP contribution >= 0.6 is 27.5 Å². The van der Waals surface area contributed by atoms with Crippen LogP contribution in [0.3, 0.4) is 0 Å². The molecule has 1 N–H and O–H groups in total. The molecule has 1 fully saturated rings. The highest BCUT2D eigenvalue weighted by atomic mass is 79.9. The number of carboxylic acid groups (broad SMARTS) is 1. The van der Waals surface area contributed by atoms with Gasteiger partial charge in [-0.15, -0.1) is 0 Å². The molecule has 1 aromatic rings. The van der Waals surface area contributed by atoms with Crippen LogP contribution in [0.2, 0.25) is 5.02 Å². The molecule has 0 amide bonds. The molecule has 0 aromatic heterocycles. The van der Waals surface area contributed by atoms with Crippen LogP contribution < -0.4 is 0 Å². The predicted octanol–water partition coefficient (Wildman–Crippen LogP) is 3.68. The minimum atomic E-state index is -0.776. The van der Waals surface area contributed by atoms with Crippen molar-refractivity contribution in [2.24, 2.45) is 5.92 Å². The van der Waals surface area contributed by atoms with E-state index in [0.717, 1.165) is 22.9 Å². The van der Waals surface area contributed by atoms with Crippen LogP contribution in [-0.4, -0.2) is 11.1 Å². The third kappa shape index (κ3) is 2.34. The van der Waals surface area contributed by atoms with Crippen molar-refractivity contribution in [2.45, 2.75) is 18.8 Å². The molecule has 1 atom stereocenters. The Morgan fingerprint density at radius 2 is 2.20 bits per heavy atom. The van der Waals surface area contributed by atoms with E-state index in [1.54, 1.807) is 12.1 Å². The van der Waals surface area contributed by atoms with Crippen molar-refractivity contribution in [3.8, 4) is 0 Å². The van der Waals surface area contributed by atoms with Crippen molar-refractivity contribution in [3.63, 3.8) is 0 Å². The lowest BCUT2D eigenvalue weighted by atomic mass is 9.94. The summed E-state index contributed by atoms with van der Waals surface area (Å²) >= 11 is 9.35. The van der Waals surface area contributed by atoms with Crippen molar-refractivity contribution in [3.05, 3.63) is 33.3 Å². The molecule has 0 aliphatic heterocycles. The average Bonchev–Trinajstić information content (AvgIpc) is 2.92. The van der Waals surface area contributed by atoms with Crippen LogP contribution in [0.5, 0.6) is 0 Å². The number of halogens is 2. The van der Waals surface area contributed by atoms with Crippen molar-refractivity contribution >= 4 is 33.5 Å². The summed E-state index contributed by atoms with van der Waals surface area (Å²) in [5.41, 5.74) is 0.731. The lowest BCUT2D eigenvalue weighted by Gasteiger charge is -2.13. The van der Waals surface area contributed by atoms with E-state index in [-0.39, 0.29) is 5.92 Å². The fourth-order valence-corrected chi connectivity index (χ4v) is 2.56. The smallest absolute Gasteiger partial charge is 0.311 e. The first kappa shape index (κ1) is 11.0. The standard InChI is InChI=1S/C11H10BrClO2/c12-7-3-4-8(9(13)5-7)10(11(14)15)6-1-2-6/h3-6,10H,1-2H2,(H,14,15). The van der Waals surface area contributed by atoms with E-state index in [9.17, 15) is 4.79 Å². The van der Waals surface area contributed by atoms with E-state index in [1.807, 2.05) is 6.07 Å². The van der Waals surface area contributed by atoms with Crippen molar-refractivity contribution < 1.29 is 9.90 Å². The van der Waals surface area contributed by atoms with Crippen molar-refractivity contribution in [1.29, 1.82) is 0 Å². The summed E-state index contributed by atoms with van der Waals surface area (Å²) in [5.74, 6) is -0.950. The Kier molecular flexibility index (Phi) is 3.03. The van der Waals surface area contributed by atoms with Crippen LogP contribution in [0.15, 0.2) is 22.7 Å². The molecule has 1 aliphatic carbocycles. The van der Waals surface area contributed by atoms with Crippen LogP contribution in [0, 0.1) is 5.92 Å². The largest absolute Gasteiger partial charge is 0.481 e. The summed E-state index contributed by atoms with van der Waals surface area (Å²) < 4.78 is 0.871. The lowest BCUT2D eigenvalue weighted by Crippen LogP contribution is -2.14. The van der Waals surface area contributed by atoms with Gasteiger partial charge in [-0.3, -0.25) is 4.79 Å². The lowest BCUT2D eigenvalue weighted by molar-refractivity contribution is -0.139. The van der Waals surface area contributed by atoms with E-state index in [2.05, 4.69) is 15.9 Å². The molecular weight excluding hydrogens is 279 g/mol. The van der Waals surface area contributed by atoms with E-state index >= 15 is 0 Å². The van der Waals surface area contributed by atoms with Gasteiger partial charge < -0.3 is 5.11 Å². The number of hydrogen-bond donors (Lipinski definition) is 1. The highest BCUT2D eigenvalue weighted by Gasteiger charge is 2.38. The van der Waals surface area contributed by atoms with Gasteiger partial charge in [0.2, 0.25) is 0 Å². The number of carboxylic acids is 1. The van der Waals surface area contributed by atoms with Gasteiger partial charge in [0.25, 0.3) is 0 Å². The summed E-state index contributed by atoms with van der Waals surface area (Å²) in [7, 11) is 0. The van der Waals surface area contributed by atoms with E-state index in [0.29, 0.717) is 5.02 Å². The Morgan fingerprint density at radius 3 is 2.67 bits per heavy atom. The van der Waals surface area contributed by atoms with E-state index < -0.39 is 11.9 Å². The summed E-state index contributed by atoms with van der Waals surface area (Å²) in [5, 5.41) is 9.69. The Bertz CT molecular complexity index is 402. The third-order valence-corrected chi connectivity index (χ3v) is 3.48. The number of aliphatic carboxylic acids is 1. The molecule has 2 nitrogen and oxygen atoms in total. The van der Waals surface area contributed by atoms with E-state index in [4.69, 9.17) is 16.7 Å². The topological polar surface area (TPSA) is 37.3 Å². The molecule has 1 saturated carbocycles. The zero-order chi connectivity index (χ0) is 11.0. The maximum atomic E-state index is 11.1. The van der Waals surface area contributed by atoms with Crippen LogP contribution in [-0.2, 0) is 4.79 Å². The second-order valence-corrected chi connectivity index (χ2v) is 5.14. The van der Waals surface area contributed by atoms with Crippen LogP contribution in [0.25, 0.3) is 0 Å². The highest BCUT2D eigenvalue weighted by Crippen LogP contribution is 2.44. The van der Waals surface area contributed by atoms with Gasteiger partial charge in [0, 0.05) is 9.50 Å². The molecule has 0 radical (unpaired) electrons. The monoisotopic (exact) mass is 288 g/mol.